The molecule has 126 valence electrons. The predicted octanol–water partition coefficient (Wildman–Crippen LogP) is 3.19. The second-order valence-electron chi connectivity index (χ2n) is 5.53. The van der Waals surface area contributed by atoms with Gasteiger partial charge in [0.05, 0.1) is 0 Å². The van der Waals surface area contributed by atoms with Crippen LogP contribution in [0.2, 0.25) is 5.15 Å². The first-order valence-electron chi connectivity index (χ1n) is 7.79. The third-order valence-electron chi connectivity index (χ3n) is 3.62. The summed E-state index contributed by atoms with van der Waals surface area (Å²) in [6.45, 7) is 4.30. The van der Waals surface area contributed by atoms with Gasteiger partial charge in [-0.25, -0.2) is 4.98 Å². The lowest BCUT2D eigenvalue weighted by Crippen LogP contribution is -2.32. The Labute approximate surface area is 146 Å². The van der Waals surface area contributed by atoms with Gasteiger partial charge in [-0.1, -0.05) is 30.7 Å². The molecule has 0 aliphatic carbocycles. The Bertz CT molecular complexity index is 734. The normalized spacial score (nSPS) is 11.6. The van der Waals surface area contributed by atoms with Gasteiger partial charge >= 0.3 is 0 Å². The van der Waals surface area contributed by atoms with E-state index in [0.29, 0.717) is 17.7 Å². The molecular formula is C18H20ClN3O2. The lowest BCUT2D eigenvalue weighted by Gasteiger charge is -2.12. The molecule has 2 aromatic rings. The summed E-state index contributed by atoms with van der Waals surface area (Å²) in [4.78, 5) is 28.1. The molecule has 2 rings (SSSR count). The van der Waals surface area contributed by atoms with Gasteiger partial charge in [-0.15, -0.1) is 0 Å². The number of carbonyl (C=O) groups excluding carboxylic acids is 2. The van der Waals surface area contributed by atoms with Crippen molar-refractivity contribution < 1.29 is 9.59 Å². The van der Waals surface area contributed by atoms with E-state index in [2.05, 4.69) is 15.6 Å². The zero-order chi connectivity index (χ0) is 17.5. The summed E-state index contributed by atoms with van der Waals surface area (Å²) in [6, 6.07) is 10.4. The molecule has 1 atom stereocenters. The number of amides is 2. The number of carbonyl (C=O) groups is 2. The molecule has 2 N–H and O–H groups in total. The fourth-order valence-electron chi connectivity index (χ4n) is 2.06. The van der Waals surface area contributed by atoms with E-state index < -0.39 is 0 Å². The van der Waals surface area contributed by atoms with E-state index in [1.807, 2.05) is 19.9 Å². The molecule has 6 heteroatoms. The molecule has 1 unspecified atom stereocenters. The van der Waals surface area contributed by atoms with Crippen LogP contribution in [0.5, 0.6) is 0 Å². The molecular weight excluding hydrogens is 326 g/mol. The van der Waals surface area contributed by atoms with E-state index in [9.17, 15) is 9.59 Å². The Hall–Kier alpha value is -2.40. The number of hydrogen-bond donors (Lipinski definition) is 2. The summed E-state index contributed by atoms with van der Waals surface area (Å²) in [5, 5.41) is 6.00. The summed E-state index contributed by atoms with van der Waals surface area (Å²) in [7, 11) is 0. The van der Waals surface area contributed by atoms with E-state index >= 15 is 0 Å². The van der Waals surface area contributed by atoms with Crippen molar-refractivity contribution in [2.75, 3.05) is 0 Å². The van der Waals surface area contributed by atoms with E-state index in [1.165, 1.54) is 12.3 Å². The van der Waals surface area contributed by atoms with Crippen molar-refractivity contribution in [1.82, 2.24) is 15.6 Å². The molecule has 0 aliphatic heterocycles. The molecule has 0 spiro atoms. The zero-order valence-corrected chi connectivity index (χ0v) is 14.4. The van der Waals surface area contributed by atoms with Crippen LogP contribution in [0.15, 0.2) is 42.6 Å². The topological polar surface area (TPSA) is 71.1 Å². The molecule has 0 saturated carbocycles. The predicted molar refractivity (Wildman–Crippen MR) is 94.1 cm³/mol. The van der Waals surface area contributed by atoms with Gasteiger partial charge in [0.1, 0.15) is 5.15 Å². The van der Waals surface area contributed by atoms with Gasteiger partial charge in [-0.05, 0) is 43.2 Å². The number of hydrogen-bond acceptors (Lipinski definition) is 3. The number of rotatable bonds is 6. The van der Waals surface area contributed by atoms with Gasteiger partial charge in [0.15, 0.2) is 0 Å². The van der Waals surface area contributed by atoms with Crippen LogP contribution in [0.4, 0.5) is 0 Å². The first kappa shape index (κ1) is 17.9. The van der Waals surface area contributed by atoms with Crippen molar-refractivity contribution in [1.29, 1.82) is 0 Å². The van der Waals surface area contributed by atoms with E-state index in [0.717, 1.165) is 12.0 Å². The fourth-order valence-corrected chi connectivity index (χ4v) is 2.23. The maximum absolute atomic E-state index is 12.1. The molecule has 0 fully saturated rings. The minimum atomic E-state index is -0.242. The van der Waals surface area contributed by atoms with E-state index in [4.69, 9.17) is 11.6 Å². The molecule has 1 heterocycles. The maximum Gasteiger partial charge on any atom is 0.251 e. The Kier molecular flexibility index (Phi) is 6.32. The van der Waals surface area contributed by atoms with Crippen molar-refractivity contribution in [2.45, 2.75) is 32.9 Å². The molecule has 24 heavy (non-hydrogen) atoms. The zero-order valence-electron chi connectivity index (χ0n) is 13.7. The molecule has 0 bridgehead atoms. The van der Waals surface area contributed by atoms with Gasteiger partial charge in [-0.2, -0.15) is 0 Å². The third-order valence-corrected chi connectivity index (χ3v) is 3.83. The molecule has 2 amide bonds. The first-order valence-corrected chi connectivity index (χ1v) is 8.17. The van der Waals surface area contributed by atoms with Crippen molar-refractivity contribution in [3.8, 4) is 0 Å². The Morgan fingerprint density at radius 1 is 1.17 bits per heavy atom. The fraction of sp³-hybridized carbons (Fsp3) is 0.278. The Morgan fingerprint density at radius 3 is 2.62 bits per heavy atom. The van der Waals surface area contributed by atoms with Gasteiger partial charge < -0.3 is 10.6 Å². The van der Waals surface area contributed by atoms with Crippen LogP contribution in [0.25, 0.3) is 0 Å². The molecule has 0 saturated heterocycles. The van der Waals surface area contributed by atoms with Crippen LogP contribution >= 0.6 is 11.6 Å². The SMILES string of the molecule is CCC(C)NC(=O)c1cccc(CNC(=O)c2ccnc(Cl)c2)c1. The van der Waals surface area contributed by atoms with Crippen molar-refractivity contribution in [3.05, 3.63) is 64.4 Å². The van der Waals surface area contributed by atoms with Crippen LogP contribution in [0.1, 0.15) is 46.5 Å². The smallest absolute Gasteiger partial charge is 0.251 e. The highest BCUT2D eigenvalue weighted by Crippen LogP contribution is 2.09. The van der Waals surface area contributed by atoms with Crippen LogP contribution in [-0.2, 0) is 6.54 Å². The molecule has 5 nitrogen and oxygen atoms in total. The third kappa shape index (κ3) is 5.06. The summed E-state index contributed by atoms with van der Waals surface area (Å²) in [6.07, 6.45) is 2.35. The first-order chi connectivity index (χ1) is 11.5. The van der Waals surface area contributed by atoms with Crippen molar-refractivity contribution in [3.63, 3.8) is 0 Å². The highest BCUT2D eigenvalue weighted by Gasteiger charge is 2.10. The van der Waals surface area contributed by atoms with Crippen molar-refractivity contribution >= 4 is 23.4 Å². The summed E-state index contributed by atoms with van der Waals surface area (Å²) in [5.41, 5.74) is 1.87. The monoisotopic (exact) mass is 345 g/mol. The second kappa shape index (κ2) is 8.45. The van der Waals surface area contributed by atoms with Crippen LogP contribution in [0, 0.1) is 0 Å². The number of pyridine rings is 1. The minimum absolute atomic E-state index is 0.113. The molecule has 1 aromatic carbocycles. The minimum Gasteiger partial charge on any atom is -0.350 e. The summed E-state index contributed by atoms with van der Waals surface area (Å²) >= 11 is 5.78. The number of aromatic nitrogens is 1. The second-order valence-corrected chi connectivity index (χ2v) is 5.92. The van der Waals surface area contributed by atoms with E-state index in [1.54, 1.807) is 24.3 Å². The molecule has 0 aliphatic rings. The number of nitrogens with one attached hydrogen (secondary N) is 2. The number of nitrogens with zero attached hydrogens (tertiary/aromatic N) is 1. The highest BCUT2D eigenvalue weighted by molar-refractivity contribution is 6.29. The van der Waals surface area contributed by atoms with Gasteiger partial charge in [0, 0.05) is 29.9 Å². The average Bonchev–Trinajstić information content (AvgIpc) is 2.59. The largest absolute Gasteiger partial charge is 0.350 e. The average molecular weight is 346 g/mol. The van der Waals surface area contributed by atoms with Gasteiger partial charge in [0.2, 0.25) is 0 Å². The molecule has 1 aromatic heterocycles. The molecule has 0 radical (unpaired) electrons. The number of benzene rings is 1. The van der Waals surface area contributed by atoms with Crippen LogP contribution in [0.3, 0.4) is 0 Å². The van der Waals surface area contributed by atoms with Gasteiger partial charge in [-0.3, -0.25) is 9.59 Å². The van der Waals surface area contributed by atoms with Crippen LogP contribution < -0.4 is 10.6 Å². The van der Waals surface area contributed by atoms with Gasteiger partial charge in [0.25, 0.3) is 11.8 Å². The quantitative estimate of drug-likeness (QED) is 0.790. The standard InChI is InChI=1S/C18H20ClN3O2/c1-3-12(2)22-18(24)14-6-4-5-13(9-14)11-21-17(23)15-7-8-20-16(19)10-15/h4-10,12H,3,11H2,1-2H3,(H,21,23)(H,22,24). The lowest BCUT2D eigenvalue weighted by atomic mass is 10.1. The number of halogens is 1. The highest BCUT2D eigenvalue weighted by atomic mass is 35.5. The van der Waals surface area contributed by atoms with Crippen molar-refractivity contribution in [2.24, 2.45) is 0 Å². The lowest BCUT2D eigenvalue weighted by molar-refractivity contribution is 0.0936. The summed E-state index contributed by atoms with van der Waals surface area (Å²) in [5.74, 6) is -0.354. The van der Waals surface area contributed by atoms with E-state index in [-0.39, 0.29) is 23.0 Å². The summed E-state index contributed by atoms with van der Waals surface area (Å²) < 4.78 is 0. The maximum atomic E-state index is 12.1. The van der Waals surface area contributed by atoms with Crippen LogP contribution in [-0.4, -0.2) is 22.8 Å². The Morgan fingerprint density at radius 2 is 1.92 bits per heavy atom. The Balaban J connectivity index is 1.99.